The van der Waals surface area contributed by atoms with Crippen molar-refractivity contribution in [2.75, 3.05) is 25.1 Å². The van der Waals surface area contributed by atoms with Crippen LogP contribution < -0.4 is 9.64 Å². The number of imidazole rings is 1. The number of aromatic nitrogens is 2. The maximum Gasteiger partial charge on any atom is 0.138 e. The fourth-order valence-electron chi connectivity index (χ4n) is 3.61. The smallest absolute Gasteiger partial charge is 0.138 e. The molecule has 0 saturated carbocycles. The highest BCUT2D eigenvalue weighted by molar-refractivity contribution is 5.79. The van der Waals surface area contributed by atoms with Crippen molar-refractivity contribution in [1.29, 1.82) is 0 Å². The van der Waals surface area contributed by atoms with Gasteiger partial charge >= 0.3 is 0 Å². The van der Waals surface area contributed by atoms with Crippen LogP contribution in [0.5, 0.6) is 5.75 Å². The molecular weight excluding hydrogens is 382 g/mol. The van der Waals surface area contributed by atoms with Gasteiger partial charge < -0.3 is 14.6 Å². The second kappa shape index (κ2) is 11.2. The van der Waals surface area contributed by atoms with Crippen molar-refractivity contribution in [3.05, 3.63) is 78.4 Å². The summed E-state index contributed by atoms with van der Waals surface area (Å²) in [5, 5.41) is 0. The minimum Gasteiger partial charge on any atom is -0.496 e. The van der Waals surface area contributed by atoms with Crippen LogP contribution in [0.15, 0.2) is 72.8 Å². The molecule has 0 amide bonds. The second-order valence-corrected chi connectivity index (χ2v) is 7.61. The molecule has 0 aliphatic carbocycles. The van der Waals surface area contributed by atoms with E-state index in [2.05, 4.69) is 59.0 Å². The molecule has 31 heavy (non-hydrogen) atoms. The van der Waals surface area contributed by atoms with Gasteiger partial charge in [-0.1, -0.05) is 44.2 Å². The number of para-hydroxylation sites is 3. The summed E-state index contributed by atoms with van der Waals surface area (Å²) in [7, 11) is 1.68. The lowest BCUT2D eigenvalue weighted by Crippen LogP contribution is -2.24. The summed E-state index contributed by atoms with van der Waals surface area (Å²) in [6.07, 6.45) is 2.34. The van der Waals surface area contributed by atoms with Crippen molar-refractivity contribution in [1.82, 2.24) is 9.97 Å². The minimum atomic E-state index is 0.935. The van der Waals surface area contributed by atoms with Gasteiger partial charge in [-0.25, -0.2) is 4.98 Å². The molecule has 3 aromatic carbocycles. The van der Waals surface area contributed by atoms with Gasteiger partial charge in [0.25, 0.3) is 0 Å². The number of H-pyrrole nitrogens is 1. The van der Waals surface area contributed by atoms with Crippen molar-refractivity contribution in [2.24, 2.45) is 0 Å². The van der Waals surface area contributed by atoms with Gasteiger partial charge in [-0.3, -0.25) is 0 Å². The Hall–Kier alpha value is -3.27. The highest BCUT2D eigenvalue weighted by Gasteiger charge is 2.07. The van der Waals surface area contributed by atoms with E-state index in [-0.39, 0.29) is 0 Å². The Morgan fingerprint density at radius 1 is 0.839 bits per heavy atom. The minimum absolute atomic E-state index is 0.935. The van der Waals surface area contributed by atoms with E-state index < -0.39 is 0 Å². The van der Waals surface area contributed by atoms with E-state index in [1.165, 1.54) is 24.1 Å². The standard InChI is InChI=1S/C19H23N3.C8H10O/c1-3-13-22(14-4-2)16-11-9-15(10-12-16)19-20-17-7-5-6-8-18(17)21-19;1-7-5-3-4-6-8(7)9-2/h5-12H,3-4,13-14H2,1-2H3,(H,20,21);3-6H,1-2H3. The molecule has 0 atom stereocenters. The largest absolute Gasteiger partial charge is 0.496 e. The molecule has 1 aromatic heterocycles. The molecule has 1 heterocycles. The summed E-state index contributed by atoms with van der Waals surface area (Å²) in [6.45, 7) is 8.70. The molecule has 0 fully saturated rings. The van der Waals surface area contributed by atoms with Gasteiger partial charge in [0.05, 0.1) is 18.1 Å². The van der Waals surface area contributed by atoms with E-state index in [9.17, 15) is 0 Å². The normalized spacial score (nSPS) is 10.5. The van der Waals surface area contributed by atoms with Gasteiger partial charge in [0.1, 0.15) is 11.6 Å². The SMILES string of the molecule is CCCN(CCC)c1ccc(-c2nc3ccccc3[nH]2)cc1.COc1ccccc1C. The number of hydrogen-bond acceptors (Lipinski definition) is 3. The summed E-state index contributed by atoms with van der Waals surface area (Å²) in [5.41, 5.74) is 5.71. The molecule has 0 aliphatic heterocycles. The van der Waals surface area contributed by atoms with E-state index in [0.29, 0.717) is 0 Å². The molecule has 0 saturated heterocycles. The number of nitrogens with zero attached hydrogens (tertiary/aromatic N) is 2. The first kappa shape index (κ1) is 22.4. The van der Waals surface area contributed by atoms with Crippen LogP contribution in [0.3, 0.4) is 0 Å². The monoisotopic (exact) mass is 415 g/mol. The van der Waals surface area contributed by atoms with Gasteiger partial charge in [-0.15, -0.1) is 0 Å². The molecule has 0 spiro atoms. The Labute approximate surface area is 185 Å². The topological polar surface area (TPSA) is 41.2 Å². The van der Waals surface area contributed by atoms with Crippen LogP contribution >= 0.6 is 0 Å². The summed E-state index contributed by atoms with van der Waals surface area (Å²) >= 11 is 0. The number of fused-ring (bicyclic) bond motifs is 1. The Morgan fingerprint density at radius 3 is 2.06 bits per heavy atom. The number of methoxy groups -OCH3 is 1. The molecule has 4 aromatic rings. The molecule has 0 aliphatic rings. The van der Waals surface area contributed by atoms with Crippen molar-refractivity contribution in [3.8, 4) is 17.1 Å². The van der Waals surface area contributed by atoms with Gasteiger partial charge in [-0.2, -0.15) is 0 Å². The Balaban J connectivity index is 0.000000254. The maximum atomic E-state index is 5.04. The zero-order valence-electron chi connectivity index (χ0n) is 19.1. The van der Waals surface area contributed by atoms with Gasteiger partial charge in [0.2, 0.25) is 0 Å². The van der Waals surface area contributed by atoms with Crippen molar-refractivity contribution in [2.45, 2.75) is 33.6 Å². The Morgan fingerprint density at radius 2 is 1.48 bits per heavy atom. The molecule has 4 nitrogen and oxygen atoms in total. The number of hydrogen-bond donors (Lipinski definition) is 1. The van der Waals surface area contributed by atoms with Crippen LogP contribution in [0.1, 0.15) is 32.3 Å². The van der Waals surface area contributed by atoms with Gasteiger partial charge in [0.15, 0.2) is 0 Å². The van der Waals surface area contributed by atoms with E-state index in [4.69, 9.17) is 4.74 Å². The highest BCUT2D eigenvalue weighted by Crippen LogP contribution is 2.24. The van der Waals surface area contributed by atoms with Crippen LogP contribution in [-0.4, -0.2) is 30.2 Å². The van der Waals surface area contributed by atoms with Crippen molar-refractivity contribution in [3.63, 3.8) is 0 Å². The number of ether oxygens (including phenoxy) is 1. The number of rotatable bonds is 7. The van der Waals surface area contributed by atoms with E-state index in [1.807, 2.05) is 49.4 Å². The zero-order chi connectivity index (χ0) is 22.1. The second-order valence-electron chi connectivity index (χ2n) is 7.61. The van der Waals surface area contributed by atoms with E-state index in [0.717, 1.165) is 41.3 Å². The lowest BCUT2D eigenvalue weighted by Gasteiger charge is -2.23. The van der Waals surface area contributed by atoms with E-state index in [1.54, 1.807) is 7.11 Å². The average molecular weight is 416 g/mol. The predicted molar refractivity (Wildman–Crippen MR) is 132 cm³/mol. The first-order valence-electron chi connectivity index (χ1n) is 11.1. The van der Waals surface area contributed by atoms with Crippen molar-refractivity contribution < 1.29 is 4.74 Å². The molecule has 0 radical (unpaired) electrons. The molecule has 4 heteroatoms. The molecule has 0 bridgehead atoms. The first-order valence-corrected chi connectivity index (χ1v) is 11.1. The van der Waals surface area contributed by atoms with Crippen LogP contribution in [0, 0.1) is 6.92 Å². The lowest BCUT2D eigenvalue weighted by atomic mass is 10.1. The van der Waals surface area contributed by atoms with Crippen LogP contribution in [0.4, 0.5) is 5.69 Å². The maximum absolute atomic E-state index is 5.04. The lowest BCUT2D eigenvalue weighted by molar-refractivity contribution is 0.411. The summed E-state index contributed by atoms with van der Waals surface area (Å²) < 4.78 is 5.04. The molecule has 0 unspecified atom stereocenters. The van der Waals surface area contributed by atoms with Gasteiger partial charge in [0, 0.05) is 24.3 Å². The molecule has 162 valence electrons. The number of benzene rings is 3. The van der Waals surface area contributed by atoms with Crippen molar-refractivity contribution >= 4 is 16.7 Å². The average Bonchev–Trinajstić information content (AvgIpc) is 3.24. The third kappa shape index (κ3) is 5.88. The fourth-order valence-corrected chi connectivity index (χ4v) is 3.61. The molecule has 4 rings (SSSR count). The van der Waals surface area contributed by atoms with E-state index >= 15 is 0 Å². The Kier molecular flexibility index (Phi) is 8.11. The summed E-state index contributed by atoms with van der Waals surface area (Å²) in [5.74, 6) is 1.89. The number of aryl methyl sites for hydroxylation is 1. The molecular formula is C27H33N3O. The third-order valence-electron chi connectivity index (χ3n) is 5.20. The fraction of sp³-hybridized carbons (Fsp3) is 0.296. The molecule has 1 N–H and O–H groups in total. The van der Waals surface area contributed by atoms with Crippen LogP contribution in [0.25, 0.3) is 22.4 Å². The van der Waals surface area contributed by atoms with Crippen LogP contribution in [-0.2, 0) is 0 Å². The number of nitrogens with one attached hydrogen (secondary N) is 1. The Bertz CT molecular complexity index is 1030. The summed E-state index contributed by atoms with van der Waals surface area (Å²) in [6, 6.07) is 24.8. The quantitative estimate of drug-likeness (QED) is 0.358. The predicted octanol–water partition coefficient (Wildman–Crippen LogP) is 6.86. The first-order chi connectivity index (χ1) is 15.2. The zero-order valence-corrected chi connectivity index (χ0v) is 19.1. The summed E-state index contributed by atoms with van der Waals surface area (Å²) in [4.78, 5) is 10.5. The number of anilines is 1. The number of aromatic amines is 1. The highest BCUT2D eigenvalue weighted by atomic mass is 16.5. The van der Waals surface area contributed by atoms with Crippen LogP contribution in [0.2, 0.25) is 0 Å². The van der Waals surface area contributed by atoms with Gasteiger partial charge in [-0.05, 0) is 67.8 Å². The third-order valence-corrected chi connectivity index (χ3v) is 5.20.